The van der Waals surface area contributed by atoms with Crippen LogP contribution in [0.4, 0.5) is 0 Å². The lowest BCUT2D eigenvalue weighted by Gasteiger charge is -2.61. The van der Waals surface area contributed by atoms with Gasteiger partial charge in [0.25, 0.3) is 0 Å². The first-order chi connectivity index (χ1) is 25.5. The number of phenols is 2. The number of hydrogen-bond donors (Lipinski definition) is 4. The average molecular weight is 782 g/mol. The second-order valence-electron chi connectivity index (χ2n) is 18.7. The first kappa shape index (κ1) is 40.9. The van der Waals surface area contributed by atoms with Gasteiger partial charge in [-0.25, -0.2) is 9.59 Å². The quantitative estimate of drug-likeness (QED) is 0.150. The van der Waals surface area contributed by atoms with Crippen molar-refractivity contribution < 1.29 is 30.0 Å². The third-order valence-corrected chi connectivity index (χ3v) is 15.9. The summed E-state index contributed by atoms with van der Waals surface area (Å²) in [5, 5.41) is 39.9. The van der Waals surface area contributed by atoms with E-state index in [1.54, 1.807) is 0 Å². The van der Waals surface area contributed by atoms with E-state index in [-0.39, 0.29) is 21.2 Å². The van der Waals surface area contributed by atoms with Crippen molar-refractivity contribution in [3.63, 3.8) is 0 Å². The second kappa shape index (κ2) is 16.4. The number of unbranched alkanes of at least 4 members (excludes halogenated alkanes) is 1. The molecule has 296 valence electrons. The Morgan fingerprint density at radius 2 is 1.37 bits per heavy atom. The molecule has 9 atom stereocenters. The van der Waals surface area contributed by atoms with Crippen LogP contribution in [0.5, 0.6) is 11.5 Å². The zero-order chi connectivity index (χ0) is 39.1. The normalized spacial score (nSPS) is 31.0. The van der Waals surface area contributed by atoms with Crippen LogP contribution in [0.3, 0.4) is 0 Å². The van der Waals surface area contributed by atoms with Crippen molar-refractivity contribution >= 4 is 40.7 Å². The molecule has 6 rings (SSSR count). The maximum Gasteiger partial charge on any atom is 0.339 e. The van der Waals surface area contributed by atoms with Crippen molar-refractivity contribution in [1.82, 2.24) is 0 Å². The molecule has 4 fully saturated rings. The number of rotatable bonds is 13. The van der Waals surface area contributed by atoms with Crippen molar-refractivity contribution in [2.75, 3.05) is 0 Å². The average Bonchev–Trinajstić information content (AvgIpc) is 3.47. The molecule has 2 aromatic carbocycles. The Balaban J connectivity index is 1.12. The molecule has 6 nitrogen and oxygen atoms in total. The van der Waals surface area contributed by atoms with E-state index >= 15 is 0 Å². The van der Waals surface area contributed by atoms with Crippen LogP contribution in [-0.2, 0) is 0 Å². The van der Waals surface area contributed by atoms with Gasteiger partial charge < -0.3 is 20.4 Å². The van der Waals surface area contributed by atoms with Crippen molar-refractivity contribution in [3.05, 3.63) is 62.6 Å². The minimum absolute atomic E-state index is 0.124. The van der Waals surface area contributed by atoms with Gasteiger partial charge in [-0.05, 0) is 170 Å². The summed E-state index contributed by atoms with van der Waals surface area (Å²) in [7, 11) is 0. The first-order valence-electron chi connectivity index (χ1n) is 20.8. The molecule has 0 saturated heterocycles. The fourth-order valence-electron chi connectivity index (χ4n) is 12.5. The Hall–Kier alpha value is -2.70. The van der Waals surface area contributed by atoms with Crippen molar-refractivity contribution in [2.24, 2.45) is 58.2 Å². The van der Waals surface area contributed by atoms with Crippen LogP contribution < -0.4 is 0 Å². The van der Waals surface area contributed by atoms with Gasteiger partial charge in [0.1, 0.15) is 22.6 Å². The van der Waals surface area contributed by atoms with E-state index in [0.717, 1.165) is 54.3 Å². The fourth-order valence-corrected chi connectivity index (χ4v) is 13.0. The lowest BCUT2D eigenvalue weighted by atomic mass is 9.44. The van der Waals surface area contributed by atoms with E-state index in [2.05, 4.69) is 34.6 Å². The van der Waals surface area contributed by atoms with Crippen LogP contribution in [0.25, 0.3) is 5.57 Å². The van der Waals surface area contributed by atoms with Crippen molar-refractivity contribution in [1.29, 1.82) is 0 Å². The summed E-state index contributed by atoms with van der Waals surface area (Å²) in [5.74, 6) is 2.90. The molecular formula is C46H62Cl2O6. The lowest BCUT2D eigenvalue weighted by molar-refractivity contribution is -0.121. The second-order valence-corrected chi connectivity index (χ2v) is 19.5. The summed E-state index contributed by atoms with van der Waals surface area (Å²) in [6, 6.07) is 5.62. The molecule has 0 aliphatic heterocycles. The van der Waals surface area contributed by atoms with Gasteiger partial charge in [0.2, 0.25) is 0 Å². The lowest BCUT2D eigenvalue weighted by Crippen LogP contribution is -2.53. The highest BCUT2D eigenvalue weighted by molar-refractivity contribution is 6.33. The number of carbonyl (C=O) groups is 2. The molecular weight excluding hydrogens is 719 g/mol. The Kier molecular flexibility index (Phi) is 12.4. The van der Waals surface area contributed by atoms with Gasteiger partial charge in [0.15, 0.2) is 0 Å². The number of allylic oxidation sites excluding steroid dienone is 1. The maximum atomic E-state index is 11.9. The number of fused-ring (bicyclic) bond motifs is 5. The third-order valence-electron chi connectivity index (χ3n) is 15.4. The smallest absolute Gasteiger partial charge is 0.339 e. The summed E-state index contributed by atoms with van der Waals surface area (Å²) in [5.41, 5.74) is 1.62. The van der Waals surface area contributed by atoms with E-state index in [9.17, 15) is 30.0 Å². The zero-order valence-electron chi connectivity index (χ0n) is 33.0. The Bertz CT molecular complexity index is 1680. The van der Waals surface area contributed by atoms with Gasteiger partial charge in [-0.15, -0.1) is 0 Å². The number of carboxylic acids is 2. The maximum absolute atomic E-state index is 11.9. The monoisotopic (exact) mass is 780 g/mol. The highest BCUT2D eigenvalue weighted by Gasteiger charge is 2.60. The van der Waals surface area contributed by atoms with E-state index in [4.69, 9.17) is 23.2 Å². The van der Waals surface area contributed by atoms with Gasteiger partial charge in [-0.2, -0.15) is 0 Å². The van der Waals surface area contributed by atoms with Crippen LogP contribution in [0, 0.1) is 58.2 Å². The molecule has 4 aliphatic rings. The van der Waals surface area contributed by atoms with Gasteiger partial charge in [0.05, 0.1) is 10.0 Å². The minimum atomic E-state index is -1.33. The van der Waals surface area contributed by atoms with Crippen molar-refractivity contribution in [3.8, 4) is 11.5 Å². The molecule has 2 aromatic rings. The molecule has 4 aliphatic carbocycles. The number of aromatic carboxylic acids is 2. The number of benzene rings is 2. The molecule has 4 N–H and O–H groups in total. The van der Waals surface area contributed by atoms with Crippen LogP contribution in [0.1, 0.15) is 163 Å². The van der Waals surface area contributed by atoms with E-state index in [1.807, 2.05) is 6.08 Å². The molecule has 0 aromatic heterocycles. The number of hydrogen-bond acceptors (Lipinski definition) is 4. The van der Waals surface area contributed by atoms with Crippen molar-refractivity contribution in [2.45, 2.75) is 131 Å². The largest absolute Gasteiger partial charge is 0.505 e. The summed E-state index contributed by atoms with van der Waals surface area (Å²) >= 11 is 12.6. The first-order valence-corrected chi connectivity index (χ1v) is 21.5. The number of aromatic hydroxyl groups is 2. The summed E-state index contributed by atoms with van der Waals surface area (Å²) in [6.07, 6.45) is 21.1. The number of carboxylic acid groups (broad SMARTS) is 2. The van der Waals surface area contributed by atoms with Gasteiger partial charge >= 0.3 is 11.9 Å². The topological polar surface area (TPSA) is 115 Å². The molecule has 9 unspecified atom stereocenters. The molecule has 0 radical (unpaired) electrons. The molecule has 0 amide bonds. The van der Waals surface area contributed by atoms with Gasteiger partial charge in [-0.3, -0.25) is 0 Å². The highest BCUT2D eigenvalue weighted by Crippen LogP contribution is 2.69. The Labute approximate surface area is 332 Å². The fraction of sp³-hybridized carbons (Fsp3) is 0.652. The predicted octanol–water partition coefficient (Wildman–Crippen LogP) is 13.1. The molecule has 54 heavy (non-hydrogen) atoms. The summed E-state index contributed by atoms with van der Waals surface area (Å²) < 4.78 is 0. The third kappa shape index (κ3) is 7.95. The van der Waals surface area contributed by atoms with Gasteiger partial charge in [0, 0.05) is 0 Å². The zero-order valence-corrected chi connectivity index (χ0v) is 34.5. The van der Waals surface area contributed by atoms with E-state index < -0.39 is 23.4 Å². The van der Waals surface area contributed by atoms with E-state index in [1.165, 1.54) is 101 Å². The standard InChI is InChI=1S/C46H62Cl2O6/c1-26(2)9-8-10-27(3)36-15-16-37-33-14-13-31-21-28(17-19-45(31,4)38(33)18-20-46(36,37)5)11-6-7-12-32(29-22-34(43(51)52)41(49)39(47)24-29)30-23-35(44(53)54)42(50)40(48)25-30/h12,22-28,31,33,36-38,49-50H,6-11,13-21H2,1-5H3,(H,51,52)(H,53,54). The van der Waals surface area contributed by atoms with Crippen LogP contribution >= 0.6 is 23.2 Å². The minimum Gasteiger partial charge on any atom is -0.505 e. The Morgan fingerprint density at radius 3 is 1.96 bits per heavy atom. The predicted molar refractivity (Wildman–Crippen MR) is 218 cm³/mol. The molecule has 4 saturated carbocycles. The molecule has 0 heterocycles. The van der Waals surface area contributed by atoms with Crippen LogP contribution in [0.2, 0.25) is 10.0 Å². The van der Waals surface area contributed by atoms with Crippen LogP contribution in [0.15, 0.2) is 30.3 Å². The number of halogens is 2. The molecule has 0 spiro atoms. The van der Waals surface area contributed by atoms with Crippen LogP contribution in [-0.4, -0.2) is 32.4 Å². The molecule has 0 bridgehead atoms. The van der Waals surface area contributed by atoms with Gasteiger partial charge in [-0.1, -0.05) is 89.6 Å². The SMILES string of the molecule is CC(C)CCCC(C)C1CCC2C3CCC4CC(CCCC=C(c5cc(Cl)c(O)c(C(=O)O)c5)c5cc(Cl)c(O)c(C(=O)O)c5)CCC4(C)C3CCC12C. The summed E-state index contributed by atoms with van der Waals surface area (Å²) in [4.78, 5) is 23.9. The summed E-state index contributed by atoms with van der Waals surface area (Å²) in [6.45, 7) is 12.6. The molecule has 8 heteroatoms. The Morgan fingerprint density at radius 1 is 0.778 bits per heavy atom. The van der Waals surface area contributed by atoms with E-state index in [0.29, 0.717) is 39.9 Å². The highest BCUT2D eigenvalue weighted by atomic mass is 35.5.